The molecule has 1 aromatic carbocycles. The Bertz CT molecular complexity index is 485. The molecular formula is C15H21F2NO2S. The van der Waals surface area contributed by atoms with E-state index in [0.717, 1.165) is 12.5 Å². The molecule has 0 amide bonds. The molecule has 2 N–H and O–H groups in total. The molecule has 1 aromatic rings. The molecule has 0 spiro atoms. The lowest BCUT2D eigenvalue weighted by atomic mass is 9.96. The third-order valence-corrected chi connectivity index (χ3v) is 4.34. The SMILES string of the molecule is CCCNC(C)(CCCSc1ccc(F)cc1F)C(=O)O. The number of halogens is 2. The van der Waals surface area contributed by atoms with Gasteiger partial charge in [0.15, 0.2) is 0 Å². The molecule has 0 saturated heterocycles. The first-order chi connectivity index (χ1) is 9.89. The molecule has 21 heavy (non-hydrogen) atoms. The molecule has 1 atom stereocenters. The quantitative estimate of drug-likeness (QED) is 0.539. The van der Waals surface area contributed by atoms with Crippen LogP contribution in [0.1, 0.15) is 33.1 Å². The van der Waals surface area contributed by atoms with E-state index in [4.69, 9.17) is 0 Å². The molecule has 0 bridgehead atoms. The van der Waals surface area contributed by atoms with Crippen molar-refractivity contribution < 1.29 is 18.7 Å². The summed E-state index contributed by atoms with van der Waals surface area (Å²) in [6.07, 6.45) is 1.94. The van der Waals surface area contributed by atoms with Crippen molar-refractivity contribution in [3.05, 3.63) is 29.8 Å². The normalized spacial score (nSPS) is 13.9. The number of hydrogen-bond acceptors (Lipinski definition) is 3. The summed E-state index contributed by atoms with van der Waals surface area (Å²) >= 11 is 1.27. The van der Waals surface area contributed by atoms with Crippen LogP contribution >= 0.6 is 11.8 Å². The minimum Gasteiger partial charge on any atom is -0.480 e. The predicted octanol–water partition coefficient (Wildman–Crippen LogP) is 3.68. The van der Waals surface area contributed by atoms with Gasteiger partial charge in [-0.25, -0.2) is 8.78 Å². The van der Waals surface area contributed by atoms with Crippen molar-refractivity contribution in [2.45, 2.75) is 43.5 Å². The van der Waals surface area contributed by atoms with Crippen LogP contribution in [0.25, 0.3) is 0 Å². The molecule has 0 aliphatic rings. The van der Waals surface area contributed by atoms with E-state index in [-0.39, 0.29) is 0 Å². The van der Waals surface area contributed by atoms with Gasteiger partial charge in [-0.3, -0.25) is 4.79 Å². The van der Waals surface area contributed by atoms with Crippen LogP contribution in [0.5, 0.6) is 0 Å². The summed E-state index contributed by atoms with van der Waals surface area (Å²) in [5.41, 5.74) is -0.960. The Morgan fingerprint density at radius 2 is 2.14 bits per heavy atom. The number of thioether (sulfide) groups is 1. The average Bonchev–Trinajstić information content (AvgIpc) is 2.43. The zero-order valence-electron chi connectivity index (χ0n) is 12.3. The number of aliphatic carboxylic acids is 1. The Morgan fingerprint density at radius 3 is 2.71 bits per heavy atom. The summed E-state index contributed by atoms with van der Waals surface area (Å²) in [4.78, 5) is 11.7. The Hall–Kier alpha value is -1.14. The Morgan fingerprint density at radius 1 is 1.43 bits per heavy atom. The molecule has 0 fully saturated rings. The van der Waals surface area contributed by atoms with Gasteiger partial charge in [0.25, 0.3) is 0 Å². The van der Waals surface area contributed by atoms with Crippen LogP contribution in [0.15, 0.2) is 23.1 Å². The lowest BCUT2D eigenvalue weighted by molar-refractivity contribution is -0.144. The maximum atomic E-state index is 13.4. The van der Waals surface area contributed by atoms with Crippen LogP contribution < -0.4 is 5.32 Å². The highest BCUT2D eigenvalue weighted by Crippen LogP contribution is 2.24. The van der Waals surface area contributed by atoms with Crippen molar-refractivity contribution in [1.29, 1.82) is 0 Å². The fraction of sp³-hybridized carbons (Fsp3) is 0.533. The Balaban J connectivity index is 2.46. The van der Waals surface area contributed by atoms with Crippen molar-refractivity contribution in [3.63, 3.8) is 0 Å². The van der Waals surface area contributed by atoms with Crippen LogP contribution in [-0.2, 0) is 4.79 Å². The van der Waals surface area contributed by atoms with E-state index < -0.39 is 23.1 Å². The lowest BCUT2D eigenvalue weighted by Gasteiger charge is -2.26. The van der Waals surface area contributed by atoms with E-state index in [2.05, 4.69) is 5.32 Å². The van der Waals surface area contributed by atoms with Gasteiger partial charge in [0, 0.05) is 11.0 Å². The van der Waals surface area contributed by atoms with Gasteiger partial charge in [-0.15, -0.1) is 11.8 Å². The van der Waals surface area contributed by atoms with Crippen LogP contribution in [0.4, 0.5) is 8.78 Å². The molecule has 0 heterocycles. The number of benzene rings is 1. The van der Waals surface area contributed by atoms with Gasteiger partial charge in [0.2, 0.25) is 0 Å². The molecule has 0 aliphatic heterocycles. The third-order valence-electron chi connectivity index (χ3n) is 3.21. The predicted molar refractivity (Wildman–Crippen MR) is 80.7 cm³/mol. The number of rotatable bonds is 9. The fourth-order valence-corrected chi connectivity index (χ4v) is 2.74. The maximum Gasteiger partial charge on any atom is 0.323 e. The van der Waals surface area contributed by atoms with Crippen molar-refractivity contribution >= 4 is 17.7 Å². The lowest BCUT2D eigenvalue weighted by Crippen LogP contribution is -2.49. The van der Waals surface area contributed by atoms with Crippen molar-refractivity contribution in [2.24, 2.45) is 0 Å². The van der Waals surface area contributed by atoms with Gasteiger partial charge >= 0.3 is 5.97 Å². The van der Waals surface area contributed by atoms with E-state index >= 15 is 0 Å². The van der Waals surface area contributed by atoms with Crippen LogP contribution in [0, 0.1) is 11.6 Å². The third kappa shape index (κ3) is 5.63. The highest BCUT2D eigenvalue weighted by atomic mass is 32.2. The Labute approximate surface area is 128 Å². The number of carboxylic acids is 1. The molecule has 1 rings (SSSR count). The first-order valence-electron chi connectivity index (χ1n) is 6.95. The standard InChI is InChI=1S/C15H21F2NO2S/c1-3-8-18-15(2,14(19)20)7-4-9-21-13-6-5-11(16)10-12(13)17/h5-6,10,18H,3-4,7-9H2,1-2H3,(H,19,20). The van der Waals surface area contributed by atoms with E-state index in [1.165, 1.54) is 23.9 Å². The van der Waals surface area contributed by atoms with Gasteiger partial charge in [-0.2, -0.15) is 0 Å². The number of hydrogen-bond donors (Lipinski definition) is 2. The van der Waals surface area contributed by atoms with Gasteiger partial charge < -0.3 is 10.4 Å². The molecule has 1 unspecified atom stereocenters. The van der Waals surface area contributed by atoms with Crippen molar-refractivity contribution in [2.75, 3.05) is 12.3 Å². The van der Waals surface area contributed by atoms with Crippen molar-refractivity contribution in [1.82, 2.24) is 5.32 Å². The second-order valence-electron chi connectivity index (χ2n) is 5.09. The maximum absolute atomic E-state index is 13.4. The minimum atomic E-state index is -0.960. The molecular weight excluding hydrogens is 296 g/mol. The van der Waals surface area contributed by atoms with Gasteiger partial charge in [0.1, 0.15) is 17.2 Å². The number of carboxylic acid groups (broad SMARTS) is 1. The number of carbonyl (C=O) groups is 1. The Kier molecular flexibility index (Phi) is 7.11. The smallest absolute Gasteiger partial charge is 0.323 e. The molecule has 0 radical (unpaired) electrons. The highest BCUT2D eigenvalue weighted by Gasteiger charge is 2.31. The topological polar surface area (TPSA) is 49.3 Å². The zero-order valence-corrected chi connectivity index (χ0v) is 13.1. The summed E-state index contributed by atoms with van der Waals surface area (Å²) < 4.78 is 26.2. The van der Waals surface area contributed by atoms with Gasteiger partial charge in [-0.1, -0.05) is 6.92 Å². The first kappa shape index (κ1) is 17.9. The minimum absolute atomic E-state index is 0.384. The van der Waals surface area contributed by atoms with E-state index in [1.54, 1.807) is 6.92 Å². The molecule has 0 saturated carbocycles. The summed E-state index contributed by atoms with van der Waals surface area (Å²) in [6.45, 7) is 4.28. The fourth-order valence-electron chi connectivity index (χ4n) is 1.87. The average molecular weight is 317 g/mol. The number of nitrogens with one attached hydrogen (secondary N) is 1. The van der Waals surface area contributed by atoms with E-state index in [1.807, 2.05) is 6.92 Å². The molecule has 3 nitrogen and oxygen atoms in total. The first-order valence-corrected chi connectivity index (χ1v) is 7.94. The van der Waals surface area contributed by atoms with Crippen LogP contribution in [-0.4, -0.2) is 28.9 Å². The van der Waals surface area contributed by atoms with Gasteiger partial charge in [-0.05, 0) is 50.6 Å². The molecule has 118 valence electrons. The molecule has 6 heteroatoms. The molecule has 0 aromatic heterocycles. The molecule has 0 aliphatic carbocycles. The zero-order chi connectivity index (χ0) is 15.9. The van der Waals surface area contributed by atoms with E-state index in [0.29, 0.717) is 30.0 Å². The summed E-state index contributed by atoms with van der Waals surface area (Å²) in [6, 6.07) is 3.48. The van der Waals surface area contributed by atoms with Gasteiger partial charge in [0.05, 0.1) is 0 Å². The second-order valence-corrected chi connectivity index (χ2v) is 6.23. The highest BCUT2D eigenvalue weighted by molar-refractivity contribution is 7.99. The summed E-state index contributed by atoms with van der Waals surface area (Å²) in [5, 5.41) is 12.3. The monoisotopic (exact) mass is 317 g/mol. The summed E-state index contributed by atoms with van der Waals surface area (Å²) in [5.74, 6) is -1.47. The van der Waals surface area contributed by atoms with Crippen molar-refractivity contribution in [3.8, 4) is 0 Å². The van der Waals surface area contributed by atoms with E-state index in [9.17, 15) is 18.7 Å². The largest absolute Gasteiger partial charge is 0.480 e. The summed E-state index contributed by atoms with van der Waals surface area (Å²) in [7, 11) is 0. The second kappa shape index (κ2) is 8.34. The van der Waals surface area contributed by atoms with Crippen LogP contribution in [0.3, 0.4) is 0 Å². The van der Waals surface area contributed by atoms with Crippen LogP contribution in [0.2, 0.25) is 0 Å².